The van der Waals surface area contributed by atoms with Crippen molar-refractivity contribution in [1.29, 1.82) is 0 Å². The zero-order valence-electron chi connectivity index (χ0n) is 9.71. The summed E-state index contributed by atoms with van der Waals surface area (Å²) < 4.78 is 0. The normalized spacial score (nSPS) is 18.2. The third-order valence-corrected chi connectivity index (χ3v) is 3.31. The molecule has 2 aromatic carbocycles. The fourth-order valence-electron chi connectivity index (χ4n) is 2.48. The number of rotatable bonds is 2. The van der Waals surface area contributed by atoms with E-state index in [4.69, 9.17) is 5.73 Å². The van der Waals surface area contributed by atoms with E-state index in [0.29, 0.717) is 0 Å². The van der Waals surface area contributed by atoms with E-state index >= 15 is 0 Å². The van der Waals surface area contributed by atoms with Crippen LogP contribution in [-0.2, 0) is 6.54 Å². The minimum Gasteiger partial charge on any atom is -0.365 e. The number of benzene rings is 2. The number of hydrogen-bond donors (Lipinski definition) is 1. The summed E-state index contributed by atoms with van der Waals surface area (Å²) in [6.07, 6.45) is 0. The number of hydrogen-bond acceptors (Lipinski definition) is 2. The summed E-state index contributed by atoms with van der Waals surface area (Å²) in [5.41, 5.74) is 10.0. The van der Waals surface area contributed by atoms with E-state index in [2.05, 4.69) is 53.4 Å². The molecule has 1 heterocycles. The fraction of sp³-hybridized carbons (Fsp3) is 0.200. The number of anilines is 1. The van der Waals surface area contributed by atoms with Crippen LogP contribution in [0.1, 0.15) is 17.2 Å². The first-order valence-corrected chi connectivity index (χ1v) is 5.98. The summed E-state index contributed by atoms with van der Waals surface area (Å²) in [7, 11) is 0. The first-order valence-electron chi connectivity index (χ1n) is 5.98. The first-order chi connectivity index (χ1) is 8.34. The van der Waals surface area contributed by atoms with Crippen LogP contribution in [0.25, 0.3) is 0 Å². The lowest BCUT2D eigenvalue weighted by Gasteiger charge is -2.19. The zero-order valence-corrected chi connectivity index (χ0v) is 9.71. The minimum atomic E-state index is 0.148. The van der Waals surface area contributed by atoms with Crippen molar-refractivity contribution in [2.45, 2.75) is 12.6 Å². The highest BCUT2D eigenvalue weighted by atomic mass is 15.2. The van der Waals surface area contributed by atoms with Crippen LogP contribution < -0.4 is 10.6 Å². The maximum absolute atomic E-state index is 6.15. The standard InChI is InChI=1S/C15H16N2/c16-14-11-17(10-12-6-2-1-3-7-12)15-9-5-4-8-13(14)15/h1-9,14H,10-11,16H2/t14-/m1/s1. The molecule has 1 aliphatic rings. The van der Waals surface area contributed by atoms with Gasteiger partial charge in [-0.25, -0.2) is 0 Å². The molecule has 0 fully saturated rings. The van der Waals surface area contributed by atoms with Crippen molar-refractivity contribution < 1.29 is 0 Å². The van der Waals surface area contributed by atoms with E-state index in [1.807, 2.05) is 6.07 Å². The zero-order chi connectivity index (χ0) is 11.7. The molecule has 0 spiro atoms. The van der Waals surface area contributed by atoms with Crippen LogP contribution in [0.4, 0.5) is 5.69 Å². The Morgan fingerprint density at radius 2 is 1.71 bits per heavy atom. The average Bonchev–Trinajstić information content (AvgIpc) is 2.69. The van der Waals surface area contributed by atoms with Gasteiger partial charge in [0.25, 0.3) is 0 Å². The molecule has 3 rings (SSSR count). The van der Waals surface area contributed by atoms with Crippen LogP contribution in [-0.4, -0.2) is 6.54 Å². The molecule has 0 saturated carbocycles. The molecule has 0 radical (unpaired) electrons. The van der Waals surface area contributed by atoms with E-state index in [0.717, 1.165) is 13.1 Å². The molecule has 2 heteroatoms. The molecular formula is C15H16N2. The van der Waals surface area contributed by atoms with Gasteiger partial charge < -0.3 is 10.6 Å². The van der Waals surface area contributed by atoms with Gasteiger partial charge >= 0.3 is 0 Å². The maximum atomic E-state index is 6.15. The first kappa shape index (κ1) is 10.4. The summed E-state index contributed by atoms with van der Waals surface area (Å²) in [6.45, 7) is 1.85. The topological polar surface area (TPSA) is 29.3 Å². The predicted molar refractivity (Wildman–Crippen MR) is 70.9 cm³/mol. The maximum Gasteiger partial charge on any atom is 0.0493 e. The highest BCUT2D eigenvalue weighted by Gasteiger charge is 2.24. The molecule has 0 bridgehead atoms. The number of nitrogens with two attached hydrogens (primary N) is 1. The van der Waals surface area contributed by atoms with Gasteiger partial charge in [0.2, 0.25) is 0 Å². The Labute approximate surface area is 102 Å². The lowest BCUT2D eigenvalue weighted by Crippen LogP contribution is -2.23. The Hall–Kier alpha value is -1.80. The van der Waals surface area contributed by atoms with Crippen molar-refractivity contribution in [2.75, 3.05) is 11.4 Å². The Bertz CT molecular complexity index is 507. The van der Waals surface area contributed by atoms with Gasteiger partial charge in [-0.05, 0) is 17.2 Å². The van der Waals surface area contributed by atoms with Gasteiger partial charge in [0.1, 0.15) is 0 Å². The monoisotopic (exact) mass is 224 g/mol. The molecule has 86 valence electrons. The third kappa shape index (κ3) is 1.92. The van der Waals surface area contributed by atoms with Gasteiger partial charge in [0.05, 0.1) is 0 Å². The summed E-state index contributed by atoms with van der Waals surface area (Å²) in [4.78, 5) is 2.36. The molecule has 1 aliphatic heterocycles. The van der Waals surface area contributed by atoms with Gasteiger partial charge in [-0.1, -0.05) is 48.5 Å². The second-order valence-corrected chi connectivity index (χ2v) is 4.53. The number of fused-ring (bicyclic) bond motifs is 1. The van der Waals surface area contributed by atoms with Gasteiger partial charge in [0.15, 0.2) is 0 Å². The highest BCUT2D eigenvalue weighted by molar-refractivity contribution is 5.59. The largest absolute Gasteiger partial charge is 0.365 e. The Kier molecular flexibility index (Phi) is 2.57. The Morgan fingerprint density at radius 1 is 1.00 bits per heavy atom. The molecule has 0 aromatic heterocycles. The van der Waals surface area contributed by atoms with Crippen LogP contribution >= 0.6 is 0 Å². The van der Waals surface area contributed by atoms with Crippen LogP contribution in [0, 0.1) is 0 Å². The molecule has 17 heavy (non-hydrogen) atoms. The summed E-state index contributed by atoms with van der Waals surface area (Å²) in [6, 6.07) is 19.1. The van der Waals surface area contributed by atoms with E-state index in [-0.39, 0.29) is 6.04 Å². The number of para-hydroxylation sites is 1. The molecule has 2 N–H and O–H groups in total. The molecular weight excluding hydrogens is 208 g/mol. The molecule has 1 atom stereocenters. The number of nitrogens with zero attached hydrogens (tertiary/aromatic N) is 1. The SMILES string of the molecule is N[C@@H]1CN(Cc2ccccc2)c2ccccc21. The van der Waals surface area contributed by atoms with Gasteiger partial charge in [0, 0.05) is 24.8 Å². The fourth-order valence-corrected chi connectivity index (χ4v) is 2.48. The van der Waals surface area contributed by atoms with Crippen molar-refractivity contribution in [3.05, 3.63) is 65.7 Å². The van der Waals surface area contributed by atoms with E-state index in [1.54, 1.807) is 0 Å². The third-order valence-electron chi connectivity index (χ3n) is 3.31. The van der Waals surface area contributed by atoms with Crippen LogP contribution in [0.2, 0.25) is 0 Å². The van der Waals surface area contributed by atoms with Crippen molar-refractivity contribution in [1.82, 2.24) is 0 Å². The molecule has 2 aromatic rings. The Morgan fingerprint density at radius 3 is 2.53 bits per heavy atom. The average molecular weight is 224 g/mol. The second-order valence-electron chi connectivity index (χ2n) is 4.53. The van der Waals surface area contributed by atoms with Crippen molar-refractivity contribution >= 4 is 5.69 Å². The second kappa shape index (κ2) is 4.22. The molecule has 0 unspecified atom stereocenters. The van der Waals surface area contributed by atoms with E-state index in [1.165, 1.54) is 16.8 Å². The predicted octanol–water partition coefficient (Wildman–Crippen LogP) is 2.71. The van der Waals surface area contributed by atoms with Gasteiger partial charge in [-0.15, -0.1) is 0 Å². The lowest BCUT2D eigenvalue weighted by atomic mass is 10.1. The van der Waals surface area contributed by atoms with Crippen LogP contribution in [0.3, 0.4) is 0 Å². The van der Waals surface area contributed by atoms with Crippen LogP contribution in [0.15, 0.2) is 54.6 Å². The minimum absolute atomic E-state index is 0.148. The molecule has 0 aliphatic carbocycles. The summed E-state index contributed by atoms with van der Waals surface area (Å²) in [5.74, 6) is 0. The summed E-state index contributed by atoms with van der Waals surface area (Å²) in [5, 5.41) is 0. The molecule has 0 amide bonds. The smallest absolute Gasteiger partial charge is 0.0493 e. The Balaban J connectivity index is 1.87. The van der Waals surface area contributed by atoms with Gasteiger partial charge in [-0.2, -0.15) is 0 Å². The van der Waals surface area contributed by atoms with Crippen molar-refractivity contribution in [3.63, 3.8) is 0 Å². The van der Waals surface area contributed by atoms with Crippen molar-refractivity contribution in [2.24, 2.45) is 5.73 Å². The van der Waals surface area contributed by atoms with Crippen molar-refractivity contribution in [3.8, 4) is 0 Å². The molecule has 2 nitrogen and oxygen atoms in total. The quantitative estimate of drug-likeness (QED) is 0.849. The molecule has 0 saturated heterocycles. The van der Waals surface area contributed by atoms with E-state index in [9.17, 15) is 0 Å². The highest BCUT2D eigenvalue weighted by Crippen LogP contribution is 2.33. The van der Waals surface area contributed by atoms with E-state index < -0.39 is 0 Å². The van der Waals surface area contributed by atoms with Crippen LogP contribution in [0.5, 0.6) is 0 Å². The lowest BCUT2D eigenvalue weighted by molar-refractivity contribution is 0.720. The summed E-state index contributed by atoms with van der Waals surface area (Å²) >= 11 is 0. The van der Waals surface area contributed by atoms with Gasteiger partial charge in [-0.3, -0.25) is 0 Å².